The summed E-state index contributed by atoms with van der Waals surface area (Å²) in [6.07, 6.45) is -3.80. The topological polar surface area (TPSA) is 96.1 Å². The van der Waals surface area contributed by atoms with Crippen molar-refractivity contribution < 1.29 is 30.8 Å². The molecule has 0 saturated heterocycles. The molecule has 232 valence electrons. The summed E-state index contributed by atoms with van der Waals surface area (Å²) in [6, 6.07) is 10.1. The first-order chi connectivity index (χ1) is 19.6. The number of carbonyl (C=O) groups excluding carboxylic acids is 1. The minimum Gasteiger partial charge on any atom is -0.331 e. The SMILES string of the molecule is C.CCS(=O)(=O)CCN(C(=O)Cc1ccc(F)c(C(F)(F)F)c1)[C@H](C)c1nc(C2(C)CC2)c(Cl)n1-c1ccc(C#N)cc1. The lowest BCUT2D eigenvalue weighted by molar-refractivity contribution is -0.140. The fourth-order valence-electron chi connectivity index (χ4n) is 4.67. The summed E-state index contributed by atoms with van der Waals surface area (Å²) in [6.45, 7) is 4.86. The van der Waals surface area contributed by atoms with Gasteiger partial charge in [0.05, 0.1) is 41.1 Å². The van der Waals surface area contributed by atoms with Crippen molar-refractivity contribution in [2.45, 2.75) is 65.1 Å². The van der Waals surface area contributed by atoms with E-state index >= 15 is 0 Å². The first kappa shape index (κ1) is 34.1. The molecule has 1 heterocycles. The molecule has 4 rings (SSSR count). The summed E-state index contributed by atoms with van der Waals surface area (Å²) in [5, 5.41) is 9.53. The van der Waals surface area contributed by atoms with Crippen LogP contribution in [0.2, 0.25) is 5.15 Å². The molecule has 7 nitrogen and oxygen atoms in total. The number of hydrogen-bond donors (Lipinski definition) is 0. The molecule has 0 bridgehead atoms. The fourth-order valence-corrected chi connectivity index (χ4v) is 5.89. The summed E-state index contributed by atoms with van der Waals surface area (Å²) in [5.74, 6) is -2.35. The third-order valence-corrected chi connectivity index (χ3v) is 9.64. The van der Waals surface area contributed by atoms with E-state index in [1.807, 2.05) is 13.0 Å². The molecule has 0 N–H and O–H groups in total. The molecular weight excluding hydrogens is 608 g/mol. The van der Waals surface area contributed by atoms with Gasteiger partial charge in [-0.25, -0.2) is 17.8 Å². The Hall–Kier alpha value is -3.43. The van der Waals surface area contributed by atoms with Crippen molar-refractivity contribution in [3.05, 3.63) is 81.6 Å². The van der Waals surface area contributed by atoms with Gasteiger partial charge in [-0.2, -0.15) is 18.4 Å². The molecule has 1 amide bonds. The Balaban J connectivity index is 0.00000506. The Labute approximate surface area is 254 Å². The maximum absolute atomic E-state index is 13.9. The predicted molar refractivity (Wildman–Crippen MR) is 156 cm³/mol. The van der Waals surface area contributed by atoms with Crippen LogP contribution in [-0.4, -0.2) is 46.8 Å². The lowest BCUT2D eigenvalue weighted by atomic mass is 10.1. The molecule has 1 atom stereocenters. The molecule has 1 aliphatic rings. The van der Waals surface area contributed by atoms with Crippen LogP contribution < -0.4 is 0 Å². The molecule has 2 aromatic carbocycles. The number of rotatable bonds is 10. The van der Waals surface area contributed by atoms with E-state index < -0.39 is 45.8 Å². The molecule has 0 aliphatic heterocycles. The summed E-state index contributed by atoms with van der Waals surface area (Å²) in [4.78, 5) is 19.7. The number of halogens is 5. The van der Waals surface area contributed by atoms with Crippen LogP contribution in [0.3, 0.4) is 0 Å². The molecule has 0 radical (unpaired) electrons. The lowest BCUT2D eigenvalue weighted by Gasteiger charge is -2.30. The summed E-state index contributed by atoms with van der Waals surface area (Å²) < 4.78 is 80.3. The van der Waals surface area contributed by atoms with Crippen molar-refractivity contribution in [2.75, 3.05) is 18.1 Å². The molecule has 43 heavy (non-hydrogen) atoms. The molecular formula is C30H33ClF4N4O3S. The number of imidazole rings is 1. The highest BCUT2D eigenvalue weighted by Gasteiger charge is 2.45. The average Bonchev–Trinajstić information content (AvgIpc) is 3.58. The van der Waals surface area contributed by atoms with E-state index in [4.69, 9.17) is 16.6 Å². The second-order valence-corrected chi connectivity index (χ2v) is 13.5. The van der Waals surface area contributed by atoms with Gasteiger partial charge in [0.15, 0.2) is 9.84 Å². The number of nitrogens with zero attached hydrogens (tertiary/aromatic N) is 4. The molecule has 0 spiro atoms. The normalized spacial score (nSPS) is 14.9. The fraction of sp³-hybridized carbons (Fsp3) is 0.433. The van der Waals surface area contributed by atoms with Crippen molar-refractivity contribution in [1.29, 1.82) is 5.26 Å². The minimum atomic E-state index is -4.96. The number of aromatic nitrogens is 2. The highest BCUT2D eigenvalue weighted by Crippen LogP contribution is 2.50. The van der Waals surface area contributed by atoms with Gasteiger partial charge in [0.25, 0.3) is 0 Å². The lowest BCUT2D eigenvalue weighted by Crippen LogP contribution is -2.39. The Morgan fingerprint density at radius 3 is 2.37 bits per heavy atom. The van der Waals surface area contributed by atoms with Crippen molar-refractivity contribution in [2.24, 2.45) is 0 Å². The molecule has 0 unspecified atom stereocenters. The van der Waals surface area contributed by atoms with E-state index in [0.717, 1.165) is 18.9 Å². The van der Waals surface area contributed by atoms with Gasteiger partial charge >= 0.3 is 6.18 Å². The molecule has 3 aromatic rings. The summed E-state index contributed by atoms with van der Waals surface area (Å²) >= 11 is 6.86. The third-order valence-electron chi connectivity index (χ3n) is 7.61. The van der Waals surface area contributed by atoms with Crippen LogP contribution in [0, 0.1) is 17.1 Å². The first-order valence-electron chi connectivity index (χ1n) is 13.2. The number of alkyl halides is 3. The largest absolute Gasteiger partial charge is 0.419 e. The number of sulfone groups is 1. The van der Waals surface area contributed by atoms with E-state index in [0.29, 0.717) is 40.1 Å². The van der Waals surface area contributed by atoms with Gasteiger partial charge in [-0.15, -0.1) is 0 Å². The summed E-state index contributed by atoms with van der Waals surface area (Å²) in [5.41, 5.74) is -0.275. The zero-order valence-electron chi connectivity index (χ0n) is 23.2. The smallest absolute Gasteiger partial charge is 0.331 e. The van der Waals surface area contributed by atoms with Crippen molar-refractivity contribution in [3.8, 4) is 11.8 Å². The molecule has 1 aliphatic carbocycles. The van der Waals surface area contributed by atoms with E-state index in [-0.39, 0.29) is 36.5 Å². The van der Waals surface area contributed by atoms with Crippen molar-refractivity contribution in [3.63, 3.8) is 0 Å². The molecule has 13 heteroatoms. The van der Waals surface area contributed by atoms with Crippen LogP contribution in [0.15, 0.2) is 42.5 Å². The number of carbonyl (C=O) groups is 1. The highest BCUT2D eigenvalue weighted by molar-refractivity contribution is 7.91. The van der Waals surface area contributed by atoms with Crippen LogP contribution >= 0.6 is 11.6 Å². The van der Waals surface area contributed by atoms with Crippen LogP contribution in [0.4, 0.5) is 17.6 Å². The van der Waals surface area contributed by atoms with Gasteiger partial charge < -0.3 is 4.90 Å². The third kappa shape index (κ3) is 7.39. The van der Waals surface area contributed by atoms with Crippen molar-refractivity contribution >= 4 is 27.3 Å². The maximum atomic E-state index is 13.9. The van der Waals surface area contributed by atoms with E-state index in [1.165, 1.54) is 11.8 Å². The predicted octanol–water partition coefficient (Wildman–Crippen LogP) is 6.81. The number of hydrogen-bond acceptors (Lipinski definition) is 5. The van der Waals surface area contributed by atoms with Crippen LogP contribution in [0.5, 0.6) is 0 Å². The maximum Gasteiger partial charge on any atom is 0.419 e. The Kier molecular flexibility index (Phi) is 10.0. The van der Waals surface area contributed by atoms with Gasteiger partial charge in [-0.3, -0.25) is 9.36 Å². The van der Waals surface area contributed by atoms with Gasteiger partial charge in [-0.1, -0.05) is 38.9 Å². The van der Waals surface area contributed by atoms with Gasteiger partial charge in [0.2, 0.25) is 5.91 Å². The zero-order chi connectivity index (χ0) is 31.0. The van der Waals surface area contributed by atoms with Gasteiger partial charge in [0, 0.05) is 23.4 Å². The number of benzene rings is 2. The second-order valence-electron chi connectivity index (χ2n) is 10.7. The van der Waals surface area contributed by atoms with Gasteiger partial charge in [-0.05, 0) is 61.7 Å². The van der Waals surface area contributed by atoms with E-state index in [9.17, 15) is 36.0 Å². The Morgan fingerprint density at radius 2 is 1.84 bits per heavy atom. The quantitative estimate of drug-likeness (QED) is 0.227. The first-order valence-corrected chi connectivity index (χ1v) is 15.4. The van der Waals surface area contributed by atoms with Crippen LogP contribution in [0.25, 0.3) is 5.69 Å². The highest BCUT2D eigenvalue weighted by atomic mass is 35.5. The zero-order valence-corrected chi connectivity index (χ0v) is 24.7. The van der Waals surface area contributed by atoms with Crippen LogP contribution in [0.1, 0.15) is 75.3 Å². The molecule has 1 fully saturated rings. The molecule has 1 aromatic heterocycles. The standard InChI is InChI=1S/C29H29ClF4N4O3S.CH4/c1-4-42(40,41)14-13-37(24(39)16-20-7-10-23(31)22(15-20)29(32,33)34)18(2)27-36-25(28(3)11-12-28)26(30)38(27)21-8-5-19(17-35)6-9-21;/h5-10,15,18H,4,11-14,16H2,1-3H3;1H4/t18-;/m1./s1. The van der Waals surface area contributed by atoms with Crippen LogP contribution in [-0.2, 0) is 32.6 Å². The Bertz CT molecular complexity index is 1640. The molecule has 1 saturated carbocycles. The average molecular weight is 641 g/mol. The van der Waals surface area contributed by atoms with Crippen molar-refractivity contribution in [1.82, 2.24) is 14.5 Å². The van der Waals surface area contributed by atoms with E-state index in [2.05, 4.69) is 0 Å². The monoisotopic (exact) mass is 640 g/mol. The Morgan fingerprint density at radius 1 is 1.21 bits per heavy atom. The van der Waals surface area contributed by atoms with Gasteiger partial charge in [0.1, 0.15) is 16.8 Å². The minimum absolute atomic E-state index is 0. The van der Waals surface area contributed by atoms with E-state index in [1.54, 1.807) is 35.8 Å². The second kappa shape index (κ2) is 12.7. The number of nitriles is 1. The number of amides is 1. The summed E-state index contributed by atoms with van der Waals surface area (Å²) in [7, 11) is -3.53.